The molecule has 0 aliphatic rings. The Labute approximate surface area is 200 Å². The van der Waals surface area contributed by atoms with E-state index in [0.29, 0.717) is 0 Å². The normalized spacial score (nSPS) is 9.87. The van der Waals surface area contributed by atoms with E-state index in [4.69, 9.17) is 19.3 Å². The molecule has 4 nitrogen and oxygen atoms in total. The van der Waals surface area contributed by atoms with Gasteiger partial charge in [0.25, 0.3) is 0 Å². The molecule has 0 fully saturated rings. The van der Waals surface area contributed by atoms with Gasteiger partial charge in [0.2, 0.25) is 0 Å². The third kappa shape index (κ3) is 8.83. The maximum atomic E-state index is 4.90. The summed E-state index contributed by atoms with van der Waals surface area (Å²) in [6.45, 7) is 8.23. The van der Waals surface area contributed by atoms with Gasteiger partial charge in [0.1, 0.15) is 0 Å². The Kier molecular flexibility index (Phi) is 10.7. The summed E-state index contributed by atoms with van der Waals surface area (Å²) in [5.41, 5.74) is 8.58. The summed E-state index contributed by atoms with van der Waals surface area (Å²) in [6, 6.07) is 16.1. The number of aryl methyl sites for hydroxylation is 4. The van der Waals surface area contributed by atoms with Gasteiger partial charge in [0.15, 0.2) is 0 Å². The van der Waals surface area contributed by atoms with Gasteiger partial charge in [0, 0.05) is 24.8 Å². The van der Waals surface area contributed by atoms with Gasteiger partial charge in [0.05, 0.1) is 22.8 Å². The molecule has 0 bridgehead atoms. The van der Waals surface area contributed by atoms with Crippen molar-refractivity contribution in [1.82, 2.24) is 19.9 Å². The average Bonchev–Trinajstić information content (AvgIpc) is 2.75. The third-order valence-corrected chi connectivity index (χ3v) is 4.19. The van der Waals surface area contributed by atoms with Gasteiger partial charge in [-0.25, -0.2) is 0 Å². The number of halogens is 2. The minimum atomic E-state index is -0.639. The van der Waals surface area contributed by atoms with Crippen molar-refractivity contribution in [3.05, 3.63) is 95.6 Å². The van der Waals surface area contributed by atoms with Crippen molar-refractivity contribution in [1.29, 1.82) is 0 Å². The Morgan fingerprint density at radius 3 is 0.839 bits per heavy atom. The van der Waals surface area contributed by atoms with Crippen LogP contribution in [0.2, 0.25) is 0 Å². The van der Waals surface area contributed by atoms with Crippen molar-refractivity contribution in [2.24, 2.45) is 0 Å². The molecule has 7 heteroatoms. The van der Waals surface area contributed by atoms with Gasteiger partial charge in [-0.3, -0.25) is 19.9 Å². The summed E-state index contributed by atoms with van der Waals surface area (Å²) >= 11 is -0.639. The summed E-state index contributed by atoms with van der Waals surface area (Å²) < 4.78 is 0. The average molecular weight is 630 g/mol. The molecule has 4 rings (SSSR count). The summed E-state index contributed by atoms with van der Waals surface area (Å²) in [5.74, 6) is 0. The van der Waals surface area contributed by atoms with Crippen LogP contribution >= 0.6 is 19.3 Å². The molecule has 0 saturated carbocycles. The van der Waals surface area contributed by atoms with E-state index in [1.807, 2.05) is 73.3 Å². The molecule has 0 amide bonds. The van der Waals surface area contributed by atoms with Gasteiger partial charge in [-0.2, -0.15) is 0 Å². The van der Waals surface area contributed by atoms with E-state index in [9.17, 15) is 0 Å². The van der Waals surface area contributed by atoms with E-state index < -0.39 is 15.4 Å². The number of hydrogen-bond acceptors (Lipinski definition) is 4. The predicted octanol–water partition coefficient (Wildman–Crippen LogP) is 6.90. The molecule has 0 aliphatic heterocycles. The standard InChI is InChI=1S/2C12H12N2.2ClH.Os/c2*1-9-3-5-13-11(7-9)12-8-10(2)4-6-14-12;;;/h2*3-8H,1-2H3;2*1H;/q;;;;+2/p-2. The Balaban J connectivity index is 0.000000196. The fourth-order valence-corrected chi connectivity index (χ4v) is 2.70. The monoisotopic (exact) mass is 630 g/mol. The molecule has 0 aliphatic carbocycles. The fourth-order valence-electron chi connectivity index (χ4n) is 2.70. The predicted molar refractivity (Wildman–Crippen MR) is 126 cm³/mol. The molecule has 4 aromatic heterocycles. The van der Waals surface area contributed by atoms with Crippen LogP contribution in [0.1, 0.15) is 22.3 Å². The molecule has 0 N–H and O–H groups in total. The van der Waals surface area contributed by atoms with Crippen molar-refractivity contribution in [2.75, 3.05) is 0 Å². The second-order valence-corrected chi connectivity index (χ2v) is 10.6. The molecule has 162 valence electrons. The van der Waals surface area contributed by atoms with E-state index in [1.54, 1.807) is 0 Å². The first-order valence-electron chi connectivity index (χ1n) is 9.49. The Hall–Kier alpha value is -2.18. The van der Waals surface area contributed by atoms with Gasteiger partial charge >= 0.3 is 34.7 Å². The zero-order valence-electron chi connectivity index (χ0n) is 17.8. The molecule has 4 heterocycles. The van der Waals surface area contributed by atoms with Crippen LogP contribution in [0.4, 0.5) is 0 Å². The number of nitrogens with zero attached hydrogens (tertiary/aromatic N) is 4. The van der Waals surface area contributed by atoms with Crippen molar-refractivity contribution in [3.8, 4) is 22.8 Å². The van der Waals surface area contributed by atoms with Crippen molar-refractivity contribution >= 4 is 19.3 Å². The molecule has 31 heavy (non-hydrogen) atoms. The van der Waals surface area contributed by atoms with Crippen LogP contribution in [0.15, 0.2) is 73.3 Å². The van der Waals surface area contributed by atoms with Crippen LogP contribution in [-0.2, 0) is 15.4 Å². The van der Waals surface area contributed by atoms with Crippen molar-refractivity contribution in [2.45, 2.75) is 27.7 Å². The second-order valence-electron chi connectivity index (χ2n) is 6.92. The fraction of sp³-hybridized carbons (Fsp3) is 0.167. The molecule has 0 saturated heterocycles. The van der Waals surface area contributed by atoms with Crippen molar-refractivity contribution < 1.29 is 15.4 Å². The first kappa shape index (κ1) is 25.1. The van der Waals surface area contributed by atoms with Crippen LogP contribution in [0.25, 0.3) is 22.8 Å². The molecule has 4 aromatic rings. The Morgan fingerprint density at radius 1 is 0.484 bits per heavy atom. The van der Waals surface area contributed by atoms with Gasteiger partial charge < -0.3 is 0 Å². The number of hydrogen-bond donors (Lipinski definition) is 0. The molecule has 0 aromatic carbocycles. The SMILES string of the molecule is Cc1ccnc(-c2cc(C)ccn2)c1.Cc1ccnc(-c2cc(C)ccn2)c1.[Cl][Os][Cl]. The van der Waals surface area contributed by atoms with Crippen LogP contribution in [-0.4, -0.2) is 19.9 Å². The molecule has 0 radical (unpaired) electrons. The van der Waals surface area contributed by atoms with Crippen LogP contribution in [0.3, 0.4) is 0 Å². The number of pyridine rings is 4. The zero-order chi connectivity index (χ0) is 22.6. The van der Waals surface area contributed by atoms with Gasteiger partial charge in [-0.05, 0) is 98.5 Å². The zero-order valence-corrected chi connectivity index (χ0v) is 21.9. The van der Waals surface area contributed by atoms with E-state index in [2.05, 4.69) is 47.6 Å². The first-order valence-corrected chi connectivity index (χ1v) is 15.8. The quantitative estimate of drug-likeness (QED) is 0.242. The maximum absolute atomic E-state index is 4.90. The summed E-state index contributed by atoms with van der Waals surface area (Å²) in [5, 5.41) is 0. The number of aromatic nitrogens is 4. The molecule has 0 spiro atoms. The van der Waals surface area contributed by atoms with E-state index in [-0.39, 0.29) is 0 Å². The third-order valence-electron chi connectivity index (χ3n) is 4.19. The van der Waals surface area contributed by atoms with Crippen molar-refractivity contribution in [3.63, 3.8) is 0 Å². The molecule has 0 unspecified atom stereocenters. The van der Waals surface area contributed by atoms with Crippen LogP contribution < -0.4 is 0 Å². The molecule has 0 atom stereocenters. The van der Waals surface area contributed by atoms with Gasteiger partial charge in [-0.15, -0.1) is 0 Å². The Morgan fingerprint density at radius 2 is 0.677 bits per heavy atom. The van der Waals surface area contributed by atoms with Gasteiger partial charge in [-0.1, -0.05) is 0 Å². The second kappa shape index (κ2) is 13.3. The summed E-state index contributed by atoms with van der Waals surface area (Å²) in [7, 11) is 9.81. The summed E-state index contributed by atoms with van der Waals surface area (Å²) in [6.07, 6.45) is 7.26. The van der Waals surface area contributed by atoms with E-state index in [0.717, 1.165) is 22.8 Å². The topological polar surface area (TPSA) is 51.6 Å². The first-order chi connectivity index (χ1) is 14.9. The Bertz CT molecular complexity index is 932. The number of rotatable bonds is 2. The minimum absolute atomic E-state index is 0.639. The van der Waals surface area contributed by atoms with Crippen LogP contribution in [0.5, 0.6) is 0 Å². The van der Waals surface area contributed by atoms with E-state index >= 15 is 0 Å². The van der Waals surface area contributed by atoms with E-state index in [1.165, 1.54) is 22.3 Å². The van der Waals surface area contributed by atoms with Crippen LogP contribution in [0, 0.1) is 27.7 Å². The molecular weight excluding hydrogens is 605 g/mol. The molecular formula is C24H24Cl2N4Os. The summed E-state index contributed by atoms with van der Waals surface area (Å²) in [4.78, 5) is 17.2.